The zero-order valence-corrected chi connectivity index (χ0v) is 11.4. The van der Waals surface area contributed by atoms with Crippen molar-refractivity contribution < 1.29 is 4.79 Å². The predicted octanol–water partition coefficient (Wildman–Crippen LogP) is 2.24. The molecule has 0 saturated carbocycles. The highest BCUT2D eigenvalue weighted by Crippen LogP contribution is 2.27. The lowest BCUT2D eigenvalue weighted by molar-refractivity contribution is 0.0827. The molecule has 3 nitrogen and oxygen atoms in total. The molecule has 0 bridgehead atoms. The molecule has 1 fully saturated rings. The van der Waals surface area contributed by atoms with Crippen molar-refractivity contribution in [2.45, 2.75) is 31.7 Å². The average molecular weight is 246 g/mol. The van der Waals surface area contributed by atoms with Crippen molar-refractivity contribution in [1.29, 1.82) is 0 Å². The summed E-state index contributed by atoms with van der Waals surface area (Å²) in [5, 5.41) is 3.47. The first kappa shape index (κ1) is 13.1. The summed E-state index contributed by atoms with van der Waals surface area (Å²) in [6, 6.07) is 8.71. The van der Waals surface area contributed by atoms with Gasteiger partial charge in [-0.3, -0.25) is 4.79 Å². The van der Waals surface area contributed by atoms with Gasteiger partial charge in [-0.15, -0.1) is 0 Å². The van der Waals surface area contributed by atoms with Crippen molar-refractivity contribution in [2.24, 2.45) is 0 Å². The number of amides is 1. The Hall–Kier alpha value is -1.35. The number of benzene rings is 1. The molecule has 1 N–H and O–H groups in total. The van der Waals surface area contributed by atoms with Crippen molar-refractivity contribution in [3.05, 3.63) is 35.4 Å². The molecule has 98 valence electrons. The molecular weight excluding hydrogens is 224 g/mol. The normalized spacial score (nSPS) is 23.7. The second-order valence-corrected chi connectivity index (χ2v) is 5.40. The second kappa shape index (κ2) is 5.53. The summed E-state index contributed by atoms with van der Waals surface area (Å²) >= 11 is 0. The van der Waals surface area contributed by atoms with E-state index in [0.29, 0.717) is 12.0 Å². The maximum atomic E-state index is 11.8. The van der Waals surface area contributed by atoms with E-state index >= 15 is 0 Å². The fourth-order valence-electron chi connectivity index (χ4n) is 2.59. The Morgan fingerprint density at radius 2 is 1.94 bits per heavy atom. The number of hydrogen-bond donors (Lipinski definition) is 1. The molecule has 1 aromatic rings. The summed E-state index contributed by atoms with van der Waals surface area (Å²) in [6.45, 7) is 3.32. The van der Waals surface area contributed by atoms with Gasteiger partial charge in [-0.1, -0.05) is 12.1 Å². The Morgan fingerprint density at radius 3 is 2.50 bits per heavy atom. The van der Waals surface area contributed by atoms with Gasteiger partial charge in [-0.2, -0.15) is 0 Å². The third-order valence-corrected chi connectivity index (χ3v) is 3.66. The number of piperidine rings is 1. The topological polar surface area (TPSA) is 32.3 Å². The number of nitrogens with one attached hydrogen (secondary N) is 1. The van der Waals surface area contributed by atoms with Crippen LogP contribution >= 0.6 is 0 Å². The highest BCUT2D eigenvalue weighted by molar-refractivity contribution is 5.93. The first-order valence-corrected chi connectivity index (χ1v) is 6.63. The molecule has 1 aliphatic rings. The van der Waals surface area contributed by atoms with Gasteiger partial charge in [0.25, 0.3) is 5.91 Å². The Labute approximate surface area is 109 Å². The van der Waals surface area contributed by atoms with Gasteiger partial charge in [-0.05, 0) is 49.9 Å². The first-order valence-electron chi connectivity index (χ1n) is 6.63. The van der Waals surface area contributed by atoms with Crippen LogP contribution < -0.4 is 5.32 Å². The summed E-state index contributed by atoms with van der Waals surface area (Å²) < 4.78 is 0. The van der Waals surface area contributed by atoms with Crippen LogP contribution in [-0.4, -0.2) is 37.5 Å². The first-order chi connectivity index (χ1) is 8.58. The molecule has 1 saturated heterocycles. The van der Waals surface area contributed by atoms with E-state index < -0.39 is 0 Å². The SMILES string of the molecule is C[C@H]1C[C@H](c2ccc(C(=O)N(C)C)cc2)CCN1. The van der Waals surface area contributed by atoms with Gasteiger partial charge in [0.2, 0.25) is 0 Å². The van der Waals surface area contributed by atoms with E-state index in [1.54, 1.807) is 19.0 Å². The molecule has 1 aliphatic heterocycles. The van der Waals surface area contributed by atoms with E-state index in [4.69, 9.17) is 0 Å². The van der Waals surface area contributed by atoms with Crippen molar-refractivity contribution >= 4 is 5.91 Å². The van der Waals surface area contributed by atoms with Gasteiger partial charge in [-0.25, -0.2) is 0 Å². The van der Waals surface area contributed by atoms with Crippen molar-refractivity contribution in [3.63, 3.8) is 0 Å². The Kier molecular flexibility index (Phi) is 4.02. The highest BCUT2D eigenvalue weighted by Gasteiger charge is 2.20. The van der Waals surface area contributed by atoms with Gasteiger partial charge in [0.05, 0.1) is 0 Å². The molecule has 2 atom stereocenters. The minimum absolute atomic E-state index is 0.0697. The summed E-state index contributed by atoms with van der Waals surface area (Å²) in [5.41, 5.74) is 2.13. The Bertz CT molecular complexity index is 411. The van der Waals surface area contributed by atoms with Crippen LogP contribution in [0.1, 0.15) is 41.6 Å². The van der Waals surface area contributed by atoms with Gasteiger partial charge in [0, 0.05) is 25.7 Å². The van der Waals surface area contributed by atoms with Crippen LogP contribution in [0.5, 0.6) is 0 Å². The summed E-state index contributed by atoms with van der Waals surface area (Å²) in [5.74, 6) is 0.699. The van der Waals surface area contributed by atoms with Gasteiger partial charge in [0.1, 0.15) is 0 Å². The van der Waals surface area contributed by atoms with E-state index in [-0.39, 0.29) is 5.91 Å². The molecule has 1 amide bonds. The van der Waals surface area contributed by atoms with Crippen LogP contribution in [-0.2, 0) is 0 Å². The molecule has 2 rings (SSSR count). The molecule has 18 heavy (non-hydrogen) atoms. The van der Waals surface area contributed by atoms with E-state index in [9.17, 15) is 4.79 Å². The fourth-order valence-corrected chi connectivity index (χ4v) is 2.59. The summed E-state index contributed by atoms with van der Waals surface area (Å²) in [6.07, 6.45) is 2.37. The largest absolute Gasteiger partial charge is 0.345 e. The summed E-state index contributed by atoms with van der Waals surface area (Å²) in [7, 11) is 3.56. The Balaban J connectivity index is 2.10. The lowest BCUT2D eigenvalue weighted by atomic mass is 9.86. The Morgan fingerprint density at radius 1 is 1.28 bits per heavy atom. The lowest BCUT2D eigenvalue weighted by Crippen LogP contribution is -2.34. The van der Waals surface area contributed by atoms with Crippen LogP contribution in [0.15, 0.2) is 24.3 Å². The third-order valence-electron chi connectivity index (χ3n) is 3.66. The van der Waals surface area contributed by atoms with E-state index in [1.165, 1.54) is 18.4 Å². The van der Waals surface area contributed by atoms with Crippen LogP contribution in [0.2, 0.25) is 0 Å². The number of carbonyl (C=O) groups is 1. The average Bonchev–Trinajstić information content (AvgIpc) is 2.38. The fraction of sp³-hybridized carbons (Fsp3) is 0.533. The van der Waals surface area contributed by atoms with Crippen molar-refractivity contribution in [3.8, 4) is 0 Å². The van der Waals surface area contributed by atoms with Crippen molar-refractivity contribution in [2.75, 3.05) is 20.6 Å². The minimum Gasteiger partial charge on any atom is -0.345 e. The molecule has 0 radical (unpaired) electrons. The number of rotatable bonds is 2. The molecule has 0 aliphatic carbocycles. The molecule has 1 aromatic carbocycles. The second-order valence-electron chi connectivity index (χ2n) is 5.40. The monoisotopic (exact) mass is 246 g/mol. The van der Waals surface area contributed by atoms with Crippen LogP contribution in [0.4, 0.5) is 0 Å². The maximum absolute atomic E-state index is 11.8. The quantitative estimate of drug-likeness (QED) is 0.868. The van der Waals surface area contributed by atoms with E-state index in [0.717, 1.165) is 12.1 Å². The zero-order valence-electron chi connectivity index (χ0n) is 11.4. The highest BCUT2D eigenvalue weighted by atomic mass is 16.2. The number of hydrogen-bond acceptors (Lipinski definition) is 2. The minimum atomic E-state index is 0.0697. The molecule has 0 spiro atoms. The summed E-state index contributed by atoms with van der Waals surface area (Å²) in [4.78, 5) is 13.4. The molecular formula is C15H22N2O. The smallest absolute Gasteiger partial charge is 0.253 e. The van der Waals surface area contributed by atoms with Crippen LogP contribution in [0, 0.1) is 0 Å². The van der Waals surface area contributed by atoms with Gasteiger partial charge in [0.15, 0.2) is 0 Å². The van der Waals surface area contributed by atoms with Gasteiger partial charge < -0.3 is 10.2 Å². The lowest BCUT2D eigenvalue weighted by Gasteiger charge is -2.28. The van der Waals surface area contributed by atoms with Crippen LogP contribution in [0.25, 0.3) is 0 Å². The molecule has 3 heteroatoms. The predicted molar refractivity (Wildman–Crippen MR) is 73.9 cm³/mol. The van der Waals surface area contributed by atoms with Gasteiger partial charge >= 0.3 is 0 Å². The molecule has 1 heterocycles. The van der Waals surface area contributed by atoms with E-state index in [2.05, 4.69) is 24.4 Å². The van der Waals surface area contributed by atoms with E-state index in [1.807, 2.05) is 12.1 Å². The zero-order chi connectivity index (χ0) is 13.1. The van der Waals surface area contributed by atoms with Crippen LogP contribution in [0.3, 0.4) is 0 Å². The maximum Gasteiger partial charge on any atom is 0.253 e. The van der Waals surface area contributed by atoms with Crippen molar-refractivity contribution in [1.82, 2.24) is 10.2 Å². The number of carbonyl (C=O) groups excluding carboxylic acids is 1. The molecule has 0 aromatic heterocycles. The molecule has 0 unspecified atom stereocenters. The number of nitrogens with zero attached hydrogens (tertiary/aromatic N) is 1. The standard InChI is InChI=1S/C15H22N2O/c1-11-10-14(8-9-16-11)12-4-6-13(7-5-12)15(18)17(2)3/h4-7,11,14,16H,8-10H2,1-3H3/t11-,14+/m0/s1. The third kappa shape index (κ3) is 2.91.